The van der Waals surface area contributed by atoms with E-state index >= 15 is 0 Å². The molecule has 5 nitrogen and oxygen atoms in total. The van der Waals surface area contributed by atoms with E-state index in [1.807, 2.05) is 13.0 Å². The van der Waals surface area contributed by atoms with Gasteiger partial charge in [-0.2, -0.15) is 5.26 Å². The standard InChI is InChI=1S/C14H17N3O2/c1-2-12-11(4-3-7-19-12)14(18)17-13-6-5-10(8-15)9-16-13/h5-6,9,11-12H,2-4,7H2,1H3,(H,16,17,18). The first-order valence-electron chi connectivity index (χ1n) is 6.53. The predicted molar refractivity (Wildman–Crippen MR) is 70.3 cm³/mol. The number of carbonyl (C=O) groups is 1. The summed E-state index contributed by atoms with van der Waals surface area (Å²) in [6, 6.07) is 5.27. The molecule has 1 amide bonds. The summed E-state index contributed by atoms with van der Waals surface area (Å²) in [5, 5.41) is 11.5. The summed E-state index contributed by atoms with van der Waals surface area (Å²) in [5.74, 6) is 0.310. The Kier molecular flexibility index (Phi) is 4.48. The van der Waals surface area contributed by atoms with Crippen molar-refractivity contribution in [3.8, 4) is 6.07 Å². The van der Waals surface area contributed by atoms with E-state index < -0.39 is 0 Å². The number of aromatic nitrogens is 1. The number of rotatable bonds is 3. The van der Waals surface area contributed by atoms with E-state index in [2.05, 4.69) is 10.3 Å². The number of nitriles is 1. The van der Waals surface area contributed by atoms with Gasteiger partial charge in [-0.1, -0.05) is 6.92 Å². The highest BCUT2D eigenvalue weighted by molar-refractivity contribution is 5.92. The van der Waals surface area contributed by atoms with E-state index in [1.165, 1.54) is 6.20 Å². The van der Waals surface area contributed by atoms with Crippen LogP contribution in [0.15, 0.2) is 18.3 Å². The molecule has 19 heavy (non-hydrogen) atoms. The maximum absolute atomic E-state index is 12.2. The normalized spacial score (nSPS) is 22.5. The van der Waals surface area contributed by atoms with Gasteiger partial charge in [-0.15, -0.1) is 0 Å². The second kappa shape index (κ2) is 6.30. The summed E-state index contributed by atoms with van der Waals surface area (Å²) in [7, 11) is 0. The number of hydrogen-bond acceptors (Lipinski definition) is 4. The lowest BCUT2D eigenvalue weighted by Crippen LogP contribution is -2.38. The first-order valence-corrected chi connectivity index (χ1v) is 6.53. The molecular weight excluding hydrogens is 242 g/mol. The maximum Gasteiger partial charge on any atom is 0.231 e. The molecular formula is C14H17N3O2. The molecule has 1 aliphatic heterocycles. The van der Waals surface area contributed by atoms with E-state index in [-0.39, 0.29) is 17.9 Å². The molecule has 2 atom stereocenters. The largest absolute Gasteiger partial charge is 0.377 e. The van der Waals surface area contributed by atoms with Gasteiger partial charge in [0.25, 0.3) is 0 Å². The zero-order chi connectivity index (χ0) is 13.7. The smallest absolute Gasteiger partial charge is 0.231 e. The number of amides is 1. The minimum atomic E-state index is -0.115. The monoisotopic (exact) mass is 259 g/mol. The number of nitrogens with zero attached hydrogens (tertiary/aromatic N) is 2. The first kappa shape index (κ1) is 13.5. The number of hydrogen-bond donors (Lipinski definition) is 1. The van der Waals surface area contributed by atoms with Crippen molar-refractivity contribution in [1.29, 1.82) is 5.26 Å². The fourth-order valence-corrected chi connectivity index (χ4v) is 2.30. The molecule has 0 spiro atoms. The van der Waals surface area contributed by atoms with Crippen LogP contribution in [0.25, 0.3) is 0 Å². The summed E-state index contributed by atoms with van der Waals surface area (Å²) >= 11 is 0. The van der Waals surface area contributed by atoms with Gasteiger partial charge in [0.1, 0.15) is 11.9 Å². The third-order valence-electron chi connectivity index (χ3n) is 3.32. The van der Waals surface area contributed by atoms with Crippen molar-refractivity contribution < 1.29 is 9.53 Å². The van der Waals surface area contributed by atoms with Crippen molar-refractivity contribution in [3.63, 3.8) is 0 Å². The Bertz CT molecular complexity index is 478. The van der Waals surface area contributed by atoms with Crippen molar-refractivity contribution >= 4 is 11.7 Å². The fourth-order valence-electron chi connectivity index (χ4n) is 2.30. The van der Waals surface area contributed by atoms with Crippen molar-refractivity contribution in [2.24, 2.45) is 5.92 Å². The summed E-state index contributed by atoms with van der Waals surface area (Å²) in [5.41, 5.74) is 0.477. The second-order valence-electron chi connectivity index (χ2n) is 4.60. The second-order valence-corrected chi connectivity index (χ2v) is 4.60. The number of pyridine rings is 1. The molecule has 0 radical (unpaired) electrons. The summed E-state index contributed by atoms with van der Waals surface area (Å²) in [6.07, 6.45) is 4.03. The van der Waals surface area contributed by atoms with Gasteiger partial charge in [0.2, 0.25) is 5.91 Å². The van der Waals surface area contributed by atoms with Crippen LogP contribution >= 0.6 is 0 Å². The summed E-state index contributed by atoms with van der Waals surface area (Å²) < 4.78 is 5.61. The Hall–Kier alpha value is -1.93. The Balaban J connectivity index is 2.01. The van der Waals surface area contributed by atoms with Gasteiger partial charge in [0, 0.05) is 12.8 Å². The SMILES string of the molecule is CCC1OCCCC1C(=O)Nc1ccc(C#N)cn1. The zero-order valence-electron chi connectivity index (χ0n) is 10.9. The quantitative estimate of drug-likeness (QED) is 0.902. The third kappa shape index (κ3) is 3.30. The molecule has 1 aromatic heterocycles. The zero-order valence-corrected chi connectivity index (χ0v) is 10.9. The van der Waals surface area contributed by atoms with Gasteiger partial charge in [-0.3, -0.25) is 4.79 Å². The van der Waals surface area contributed by atoms with Crippen LogP contribution in [-0.4, -0.2) is 23.6 Å². The average Bonchev–Trinajstić information content (AvgIpc) is 2.48. The van der Waals surface area contributed by atoms with Crippen molar-refractivity contribution in [2.75, 3.05) is 11.9 Å². The van der Waals surface area contributed by atoms with Crippen molar-refractivity contribution in [2.45, 2.75) is 32.3 Å². The number of carbonyl (C=O) groups excluding carboxylic acids is 1. The first-order chi connectivity index (χ1) is 9.24. The van der Waals surface area contributed by atoms with Gasteiger partial charge in [0.15, 0.2) is 0 Å². The molecule has 100 valence electrons. The van der Waals surface area contributed by atoms with Crippen LogP contribution in [0.2, 0.25) is 0 Å². The molecule has 1 aromatic rings. The number of anilines is 1. The molecule has 1 saturated heterocycles. The molecule has 1 fully saturated rings. The number of ether oxygens (including phenoxy) is 1. The van der Waals surface area contributed by atoms with Crippen molar-refractivity contribution in [1.82, 2.24) is 4.98 Å². The summed E-state index contributed by atoms with van der Waals surface area (Å²) in [6.45, 7) is 2.76. The highest BCUT2D eigenvalue weighted by atomic mass is 16.5. The van der Waals surface area contributed by atoms with Crippen LogP contribution in [0.3, 0.4) is 0 Å². The Morgan fingerprint density at radius 3 is 3.11 bits per heavy atom. The Labute approximate surface area is 112 Å². The lowest BCUT2D eigenvalue weighted by atomic mass is 9.92. The molecule has 2 unspecified atom stereocenters. The van der Waals surface area contributed by atoms with E-state index in [4.69, 9.17) is 10.00 Å². The third-order valence-corrected chi connectivity index (χ3v) is 3.32. The summed E-state index contributed by atoms with van der Waals surface area (Å²) in [4.78, 5) is 16.2. The van der Waals surface area contributed by atoms with Crippen LogP contribution in [0.5, 0.6) is 0 Å². The van der Waals surface area contributed by atoms with Gasteiger partial charge in [-0.05, 0) is 31.4 Å². The highest BCUT2D eigenvalue weighted by Crippen LogP contribution is 2.24. The van der Waals surface area contributed by atoms with E-state index in [0.29, 0.717) is 11.4 Å². The van der Waals surface area contributed by atoms with E-state index in [9.17, 15) is 4.79 Å². The Morgan fingerprint density at radius 2 is 2.47 bits per heavy atom. The molecule has 5 heteroatoms. The van der Waals surface area contributed by atoms with Crippen LogP contribution in [0.1, 0.15) is 31.7 Å². The highest BCUT2D eigenvalue weighted by Gasteiger charge is 2.30. The van der Waals surface area contributed by atoms with Crippen LogP contribution < -0.4 is 5.32 Å². The minimum absolute atomic E-state index is 0.00729. The molecule has 1 aliphatic rings. The predicted octanol–water partition coefficient (Wildman–Crippen LogP) is 2.10. The molecule has 0 aromatic carbocycles. The topological polar surface area (TPSA) is 75.0 Å². The molecule has 0 aliphatic carbocycles. The Morgan fingerprint density at radius 1 is 1.63 bits per heavy atom. The lowest BCUT2D eigenvalue weighted by Gasteiger charge is -2.29. The van der Waals surface area contributed by atoms with Crippen LogP contribution in [-0.2, 0) is 9.53 Å². The van der Waals surface area contributed by atoms with Gasteiger partial charge < -0.3 is 10.1 Å². The number of nitrogens with one attached hydrogen (secondary N) is 1. The van der Waals surface area contributed by atoms with E-state index in [1.54, 1.807) is 12.1 Å². The molecule has 2 heterocycles. The molecule has 2 rings (SSSR count). The van der Waals surface area contributed by atoms with Gasteiger partial charge in [-0.25, -0.2) is 4.98 Å². The average molecular weight is 259 g/mol. The molecule has 0 saturated carbocycles. The van der Waals surface area contributed by atoms with Crippen LogP contribution in [0.4, 0.5) is 5.82 Å². The van der Waals surface area contributed by atoms with Gasteiger partial charge >= 0.3 is 0 Å². The molecule has 1 N–H and O–H groups in total. The van der Waals surface area contributed by atoms with Crippen molar-refractivity contribution in [3.05, 3.63) is 23.9 Å². The fraction of sp³-hybridized carbons (Fsp3) is 0.500. The maximum atomic E-state index is 12.2. The lowest BCUT2D eigenvalue weighted by molar-refractivity contribution is -0.129. The van der Waals surface area contributed by atoms with Crippen LogP contribution in [0, 0.1) is 17.2 Å². The van der Waals surface area contributed by atoms with E-state index in [0.717, 1.165) is 25.9 Å². The van der Waals surface area contributed by atoms with Gasteiger partial charge in [0.05, 0.1) is 17.6 Å². The minimum Gasteiger partial charge on any atom is -0.377 e. The molecule has 0 bridgehead atoms.